The second-order valence-corrected chi connectivity index (χ2v) is 1.66. The molecular weight excluding hydrogens is 133 g/mol. The quantitative estimate of drug-likeness (QED) is 0.554. The van der Waals surface area contributed by atoms with Gasteiger partial charge in [0.15, 0.2) is 0 Å². The minimum atomic E-state index is -4.20. The van der Waals surface area contributed by atoms with Crippen LogP contribution < -0.4 is 0 Å². The van der Waals surface area contributed by atoms with E-state index in [2.05, 4.69) is 0 Å². The van der Waals surface area contributed by atoms with Crippen LogP contribution in [0.4, 0.5) is 13.2 Å². The van der Waals surface area contributed by atoms with Crippen LogP contribution in [0.15, 0.2) is 11.8 Å². The van der Waals surface area contributed by atoms with Crippen LogP contribution >= 0.6 is 0 Å². The van der Waals surface area contributed by atoms with Crippen LogP contribution in [0, 0.1) is 0 Å². The van der Waals surface area contributed by atoms with Gasteiger partial charge in [-0.05, 0) is 13.0 Å². The maximum Gasteiger partial charge on any atom is 0.392 e. The topological polar surface area (TPSA) is 20.2 Å². The summed E-state index contributed by atoms with van der Waals surface area (Å²) in [5, 5.41) is 8.28. The van der Waals surface area contributed by atoms with Crippen LogP contribution in [-0.4, -0.2) is 11.3 Å². The van der Waals surface area contributed by atoms with E-state index in [4.69, 9.17) is 5.11 Å². The molecule has 0 spiro atoms. The van der Waals surface area contributed by atoms with E-state index in [0.717, 1.165) is 6.08 Å². The van der Waals surface area contributed by atoms with Crippen molar-refractivity contribution in [1.29, 1.82) is 0 Å². The van der Waals surface area contributed by atoms with E-state index in [9.17, 15) is 13.2 Å². The van der Waals surface area contributed by atoms with Crippen molar-refractivity contribution in [2.75, 3.05) is 0 Å². The fourth-order valence-corrected chi connectivity index (χ4v) is 0.263. The predicted octanol–water partition coefficient (Wildman–Crippen LogP) is 2.40. The Labute approximate surface area is 50.8 Å². The van der Waals surface area contributed by atoms with Gasteiger partial charge in [0.25, 0.3) is 0 Å². The molecule has 0 aromatic carbocycles. The Bertz CT molecular complexity index is 110. The standard InChI is InChI=1S/C5H7F3O/c1-4(9)2-3-5(6,7)8/h2,9H,3H2,1H3/b4-2-. The van der Waals surface area contributed by atoms with E-state index in [1.807, 2.05) is 0 Å². The lowest BCUT2D eigenvalue weighted by atomic mass is 10.3. The van der Waals surface area contributed by atoms with Crippen molar-refractivity contribution in [1.82, 2.24) is 0 Å². The summed E-state index contributed by atoms with van der Waals surface area (Å²) in [5.74, 6) is -0.299. The fraction of sp³-hybridized carbons (Fsp3) is 0.600. The molecule has 1 nitrogen and oxygen atoms in total. The van der Waals surface area contributed by atoms with Gasteiger partial charge < -0.3 is 5.11 Å². The summed E-state index contributed by atoms with van der Waals surface area (Å²) in [5.41, 5.74) is 0. The number of halogens is 3. The zero-order chi connectivity index (χ0) is 7.49. The molecule has 0 aliphatic heterocycles. The Morgan fingerprint density at radius 3 is 2.11 bits per heavy atom. The van der Waals surface area contributed by atoms with Gasteiger partial charge in [0.05, 0.1) is 12.2 Å². The van der Waals surface area contributed by atoms with Gasteiger partial charge in [0.2, 0.25) is 0 Å². The van der Waals surface area contributed by atoms with Gasteiger partial charge in [-0.25, -0.2) is 0 Å². The molecule has 0 radical (unpaired) electrons. The van der Waals surface area contributed by atoms with Crippen LogP contribution in [0.25, 0.3) is 0 Å². The number of aliphatic hydroxyl groups is 1. The Morgan fingerprint density at radius 1 is 1.56 bits per heavy atom. The molecule has 0 unspecified atom stereocenters. The largest absolute Gasteiger partial charge is 0.513 e. The van der Waals surface area contributed by atoms with Crippen LogP contribution in [0.2, 0.25) is 0 Å². The molecule has 9 heavy (non-hydrogen) atoms. The van der Waals surface area contributed by atoms with Crippen molar-refractivity contribution in [2.24, 2.45) is 0 Å². The second-order valence-electron chi connectivity index (χ2n) is 1.66. The van der Waals surface area contributed by atoms with Gasteiger partial charge in [0.1, 0.15) is 0 Å². The fourth-order valence-electron chi connectivity index (χ4n) is 0.263. The molecule has 4 heteroatoms. The zero-order valence-electron chi connectivity index (χ0n) is 4.87. The van der Waals surface area contributed by atoms with Crippen molar-refractivity contribution in [3.05, 3.63) is 11.8 Å². The summed E-state index contributed by atoms with van der Waals surface area (Å²) in [7, 11) is 0. The maximum atomic E-state index is 11.3. The molecule has 0 aromatic rings. The molecule has 1 N–H and O–H groups in total. The summed E-state index contributed by atoms with van der Waals surface area (Å²) >= 11 is 0. The van der Waals surface area contributed by atoms with E-state index >= 15 is 0 Å². The lowest BCUT2D eigenvalue weighted by Gasteiger charge is -1.99. The normalized spacial score (nSPS) is 14.0. The van der Waals surface area contributed by atoms with Crippen molar-refractivity contribution in [3.63, 3.8) is 0 Å². The average molecular weight is 140 g/mol. The third-order valence-electron chi connectivity index (χ3n) is 0.629. The number of allylic oxidation sites excluding steroid dienone is 2. The number of hydrogen-bond acceptors (Lipinski definition) is 1. The molecule has 0 heterocycles. The lowest BCUT2D eigenvalue weighted by Crippen LogP contribution is -2.04. The predicted molar refractivity (Wildman–Crippen MR) is 27.1 cm³/mol. The number of alkyl halides is 3. The van der Waals surface area contributed by atoms with E-state index in [0.29, 0.717) is 0 Å². The molecule has 0 bridgehead atoms. The SMILES string of the molecule is C/C(O)=C/CC(F)(F)F. The Hall–Kier alpha value is -0.670. The Balaban J connectivity index is 3.64. The molecule has 0 saturated carbocycles. The zero-order valence-corrected chi connectivity index (χ0v) is 4.87. The highest BCUT2D eigenvalue weighted by molar-refractivity contribution is 4.87. The second kappa shape index (κ2) is 2.75. The van der Waals surface area contributed by atoms with E-state index < -0.39 is 12.6 Å². The third-order valence-corrected chi connectivity index (χ3v) is 0.629. The first-order chi connectivity index (χ1) is 3.92. The first-order valence-corrected chi connectivity index (χ1v) is 2.34. The highest BCUT2D eigenvalue weighted by Crippen LogP contribution is 2.20. The first kappa shape index (κ1) is 8.33. The molecule has 0 aliphatic rings. The minimum Gasteiger partial charge on any atom is -0.513 e. The summed E-state index contributed by atoms with van der Waals surface area (Å²) in [6.45, 7) is 1.20. The van der Waals surface area contributed by atoms with Gasteiger partial charge in [0, 0.05) is 0 Å². The first-order valence-electron chi connectivity index (χ1n) is 2.34. The van der Waals surface area contributed by atoms with E-state index in [-0.39, 0.29) is 5.76 Å². The number of hydrogen-bond donors (Lipinski definition) is 1. The molecule has 54 valence electrons. The molecule has 0 saturated heterocycles. The highest BCUT2D eigenvalue weighted by atomic mass is 19.4. The van der Waals surface area contributed by atoms with Gasteiger partial charge in [-0.15, -0.1) is 0 Å². The summed E-state index contributed by atoms with van der Waals surface area (Å²) in [4.78, 5) is 0. The van der Waals surface area contributed by atoms with Crippen molar-refractivity contribution >= 4 is 0 Å². The molecule has 0 atom stereocenters. The van der Waals surface area contributed by atoms with Crippen LogP contribution in [0.5, 0.6) is 0 Å². The van der Waals surface area contributed by atoms with Gasteiger partial charge in [-0.1, -0.05) is 0 Å². The molecule has 0 rings (SSSR count). The summed E-state index contributed by atoms with van der Waals surface area (Å²) < 4.78 is 33.8. The maximum absolute atomic E-state index is 11.3. The molecule has 0 aromatic heterocycles. The number of rotatable bonds is 1. The van der Waals surface area contributed by atoms with Crippen molar-refractivity contribution in [3.8, 4) is 0 Å². The average Bonchev–Trinajstić information content (AvgIpc) is 1.59. The smallest absolute Gasteiger partial charge is 0.392 e. The molecule has 0 fully saturated rings. The minimum absolute atomic E-state index is 0.299. The van der Waals surface area contributed by atoms with E-state index in [1.54, 1.807) is 0 Å². The molecular formula is C5H7F3O. The van der Waals surface area contributed by atoms with Crippen LogP contribution in [0.1, 0.15) is 13.3 Å². The number of aliphatic hydroxyl groups excluding tert-OH is 1. The van der Waals surface area contributed by atoms with Crippen LogP contribution in [0.3, 0.4) is 0 Å². The van der Waals surface area contributed by atoms with Crippen LogP contribution in [-0.2, 0) is 0 Å². The van der Waals surface area contributed by atoms with Gasteiger partial charge in [-0.2, -0.15) is 13.2 Å². The highest BCUT2D eigenvalue weighted by Gasteiger charge is 2.24. The van der Waals surface area contributed by atoms with Crippen molar-refractivity contribution in [2.45, 2.75) is 19.5 Å². The van der Waals surface area contributed by atoms with Gasteiger partial charge in [-0.3, -0.25) is 0 Å². The molecule has 0 aliphatic carbocycles. The Morgan fingerprint density at radius 2 is 2.00 bits per heavy atom. The van der Waals surface area contributed by atoms with Gasteiger partial charge >= 0.3 is 6.18 Å². The monoisotopic (exact) mass is 140 g/mol. The third kappa shape index (κ3) is 7.33. The lowest BCUT2D eigenvalue weighted by molar-refractivity contribution is -0.125. The molecule has 0 amide bonds. The summed E-state index contributed by atoms with van der Waals surface area (Å²) in [6, 6.07) is 0. The van der Waals surface area contributed by atoms with Crippen molar-refractivity contribution < 1.29 is 18.3 Å². The van der Waals surface area contributed by atoms with E-state index in [1.165, 1.54) is 6.92 Å². The Kier molecular flexibility index (Phi) is 2.55. The summed E-state index contributed by atoms with van der Waals surface area (Å²) in [6.07, 6.45) is -4.54.